The Hall–Kier alpha value is -1.31. The molecule has 1 saturated carbocycles. The van der Waals surface area contributed by atoms with Crippen LogP contribution in [0.2, 0.25) is 0 Å². The largest absolute Gasteiger partial charge is 0.352 e. The Kier molecular flexibility index (Phi) is 6.71. The highest BCUT2D eigenvalue weighted by molar-refractivity contribution is 14.0. The van der Waals surface area contributed by atoms with E-state index in [1.54, 1.807) is 7.05 Å². The van der Waals surface area contributed by atoms with Gasteiger partial charge in [0.15, 0.2) is 5.96 Å². The van der Waals surface area contributed by atoms with Crippen molar-refractivity contribution in [3.05, 3.63) is 29.8 Å². The molecule has 0 radical (unpaired) electrons. The molecule has 1 spiro atoms. The summed E-state index contributed by atoms with van der Waals surface area (Å²) in [6.07, 6.45) is 5.08. The van der Waals surface area contributed by atoms with Crippen LogP contribution in [0.5, 0.6) is 0 Å². The number of para-hydroxylation sites is 1. The van der Waals surface area contributed by atoms with Gasteiger partial charge in [0.25, 0.3) is 0 Å². The van der Waals surface area contributed by atoms with Gasteiger partial charge in [-0.15, -0.1) is 24.0 Å². The highest BCUT2D eigenvalue weighted by Crippen LogP contribution is 2.50. The van der Waals surface area contributed by atoms with Crippen molar-refractivity contribution in [3.8, 4) is 0 Å². The Bertz CT molecular complexity index is 638. The number of aliphatic imine (C=N–C) groups is 1. The minimum Gasteiger partial charge on any atom is -0.352 e. The van der Waals surface area contributed by atoms with E-state index in [4.69, 9.17) is 0 Å². The van der Waals surface area contributed by atoms with Gasteiger partial charge in [-0.1, -0.05) is 31.0 Å². The average molecular weight is 456 g/mol. The molecule has 0 atom stereocenters. The summed E-state index contributed by atoms with van der Waals surface area (Å²) in [5.74, 6) is 0.777. The van der Waals surface area contributed by atoms with Crippen LogP contribution < -0.4 is 15.5 Å². The molecule has 1 aliphatic heterocycles. The molecule has 1 aliphatic carbocycles. The van der Waals surface area contributed by atoms with Gasteiger partial charge in [0.05, 0.1) is 6.54 Å². The predicted molar refractivity (Wildman–Crippen MR) is 114 cm³/mol. The second-order valence-corrected chi connectivity index (χ2v) is 7.21. The zero-order valence-electron chi connectivity index (χ0n) is 15.3. The van der Waals surface area contributed by atoms with E-state index in [0.717, 1.165) is 12.5 Å². The van der Waals surface area contributed by atoms with Crippen molar-refractivity contribution < 1.29 is 4.79 Å². The van der Waals surface area contributed by atoms with Gasteiger partial charge >= 0.3 is 0 Å². The quantitative estimate of drug-likeness (QED) is 0.418. The Morgan fingerprint density at radius 3 is 2.60 bits per heavy atom. The summed E-state index contributed by atoms with van der Waals surface area (Å²) in [5.41, 5.74) is 2.93. The lowest BCUT2D eigenvalue weighted by Crippen LogP contribution is -2.47. The fourth-order valence-electron chi connectivity index (χ4n) is 4.13. The number of nitrogens with one attached hydrogen (secondary N) is 2. The molecule has 1 aromatic carbocycles. The summed E-state index contributed by atoms with van der Waals surface area (Å²) in [4.78, 5) is 18.6. The number of halogens is 1. The summed E-state index contributed by atoms with van der Waals surface area (Å²) in [6.45, 7) is 5.13. The van der Waals surface area contributed by atoms with E-state index in [1.807, 2.05) is 13.8 Å². The van der Waals surface area contributed by atoms with Gasteiger partial charge in [-0.05, 0) is 38.3 Å². The van der Waals surface area contributed by atoms with E-state index in [0.29, 0.717) is 0 Å². The maximum Gasteiger partial charge on any atom is 0.239 e. The number of fused-ring (bicyclic) bond motifs is 2. The lowest BCUT2D eigenvalue weighted by Gasteiger charge is -2.26. The molecular formula is C19H29IN4O. The van der Waals surface area contributed by atoms with Crippen molar-refractivity contribution in [2.45, 2.75) is 51.0 Å². The van der Waals surface area contributed by atoms with Gasteiger partial charge < -0.3 is 15.5 Å². The number of hydrogen-bond acceptors (Lipinski definition) is 2. The molecule has 0 aromatic heterocycles. The van der Waals surface area contributed by atoms with Crippen molar-refractivity contribution in [3.63, 3.8) is 0 Å². The standard InChI is InChI=1S/C19H28N4O.HI/c1-14(2)22-17(24)12-21-18(20-3)23-13-19(10-6-7-11-19)15-8-4-5-9-16(15)23;/h4-5,8-9,14H,6-7,10-13H2,1-3H3,(H,20,21)(H,22,24);1H. The summed E-state index contributed by atoms with van der Waals surface area (Å²) in [6, 6.07) is 8.80. The van der Waals surface area contributed by atoms with Crippen LogP contribution in [0.1, 0.15) is 45.1 Å². The van der Waals surface area contributed by atoms with Crippen LogP contribution in [0.4, 0.5) is 5.69 Å². The third kappa shape index (κ3) is 4.10. The molecule has 1 fully saturated rings. The second kappa shape index (κ2) is 8.38. The molecule has 2 aliphatic rings. The highest BCUT2D eigenvalue weighted by atomic mass is 127. The molecule has 25 heavy (non-hydrogen) atoms. The lowest BCUT2D eigenvalue weighted by atomic mass is 9.81. The summed E-state index contributed by atoms with van der Waals surface area (Å²) < 4.78 is 0. The first-order valence-corrected chi connectivity index (χ1v) is 8.93. The Balaban J connectivity index is 0.00000225. The van der Waals surface area contributed by atoms with Crippen molar-refractivity contribution in [2.24, 2.45) is 4.99 Å². The minimum atomic E-state index is -0.00536. The van der Waals surface area contributed by atoms with E-state index < -0.39 is 0 Å². The molecule has 1 heterocycles. The van der Waals surface area contributed by atoms with Crippen LogP contribution in [0.3, 0.4) is 0 Å². The van der Waals surface area contributed by atoms with Gasteiger partial charge in [0.2, 0.25) is 5.91 Å². The fraction of sp³-hybridized carbons (Fsp3) is 0.579. The smallest absolute Gasteiger partial charge is 0.239 e. The molecular weight excluding hydrogens is 427 g/mol. The van der Waals surface area contributed by atoms with Crippen molar-refractivity contribution >= 4 is 41.5 Å². The molecule has 6 heteroatoms. The predicted octanol–water partition coefficient (Wildman–Crippen LogP) is 3.04. The van der Waals surface area contributed by atoms with Gasteiger partial charge in [-0.25, -0.2) is 0 Å². The van der Waals surface area contributed by atoms with Gasteiger partial charge in [-0.2, -0.15) is 0 Å². The highest BCUT2D eigenvalue weighted by Gasteiger charge is 2.45. The topological polar surface area (TPSA) is 56.7 Å². The monoisotopic (exact) mass is 456 g/mol. The summed E-state index contributed by atoms with van der Waals surface area (Å²) in [7, 11) is 1.78. The fourth-order valence-corrected chi connectivity index (χ4v) is 4.13. The van der Waals surface area contributed by atoms with Crippen molar-refractivity contribution in [1.29, 1.82) is 0 Å². The van der Waals surface area contributed by atoms with Gasteiger partial charge in [0.1, 0.15) is 0 Å². The summed E-state index contributed by atoms with van der Waals surface area (Å²) in [5, 5.41) is 6.13. The van der Waals surface area contributed by atoms with Gasteiger partial charge in [-0.3, -0.25) is 9.79 Å². The number of carbonyl (C=O) groups is 1. The third-order valence-corrected chi connectivity index (χ3v) is 5.11. The number of amides is 1. The molecule has 1 aromatic rings. The third-order valence-electron chi connectivity index (χ3n) is 5.11. The van der Waals surface area contributed by atoms with Crippen molar-refractivity contribution in [2.75, 3.05) is 25.0 Å². The number of nitrogens with zero attached hydrogens (tertiary/aromatic N) is 2. The SMILES string of the molecule is CN=C(NCC(=O)NC(C)C)N1CC2(CCCC2)c2ccccc21.I. The van der Waals surface area contributed by atoms with Crippen LogP contribution in [0.25, 0.3) is 0 Å². The first kappa shape index (κ1) is 20.0. The van der Waals surface area contributed by atoms with E-state index >= 15 is 0 Å². The normalized spacial score (nSPS) is 18.2. The Morgan fingerprint density at radius 2 is 1.96 bits per heavy atom. The number of guanidine groups is 1. The number of benzene rings is 1. The van der Waals surface area contributed by atoms with Crippen LogP contribution in [-0.2, 0) is 10.2 Å². The van der Waals surface area contributed by atoms with Gasteiger partial charge in [0, 0.05) is 30.7 Å². The van der Waals surface area contributed by atoms with Crippen LogP contribution >= 0.6 is 24.0 Å². The minimum absolute atomic E-state index is 0. The van der Waals surface area contributed by atoms with E-state index in [2.05, 4.69) is 44.8 Å². The first-order chi connectivity index (χ1) is 11.6. The second-order valence-electron chi connectivity index (χ2n) is 7.21. The molecule has 1 amide bonds. The lowest BCUT2D eigenvalue weighted by molar-refractivity contribution is -0.120. The molecule has 2 N–H and O–H groups in total. The van der Waals surface area contributed by atoms with Crippen molar-refractivity contribution in [1.82, 2.24) is 10.6 Å². The average Bonchev–Trinajstić information content (AvgIpc) is 3.15. The maximum absolute atomic E-state index is 11.9. The van der Waals surface area contributed by atoms with Crippen LogP contribution in [0, 0.1) is 0 Å². The molecule has 3 rings (SSSR count). The Morgan fingerprint density at radius 1 is 1.28 bits per heavy atom. The summed E-state index contributed by atoms with van der Waals surface area (Å²) >= 11 is 0. The zero-order chi connectivity index (χ0) is 17.2. The van der Waals surface area contributed by atoms with E-state index in [1.165, 1.54) is 36.9 Å². The molecule has 0 unspecified atom stereocenters. The van der Waals surface area contributed by atoms with E-state index in [9.17, 15) is 4.79 Å². The Labute approximate surface area is 167 Å². The molecule has 5 nitrogen and oxygen atoms in total. The number of carbonyl (C=O) groups excluding carboxylic acids is 1. The zero-order valence-corrected chi connectivity index (χ0v) is 17.7. The molecule has 0 bridgehead atoms. The van der Waals surface area contributed by atoms with Crippen LogP contribution in [-0.4, -0.2) is 38.0 Å². The molecule has 138 valence electrons. The number of rotatable bonds is 3. The number of anilines is 1. The van der Waals surface area contributed by atoms with Crippen LogP contribution in [0.15, 0.2) is 29.3 Å². The number of hydrogen-bond donors (Lipinski definition) is 2. The first-order valence-electron chi connectivity index (χ1n) is 8.93. The van der Waals surface area contributed by atoms with E-state index in [-0.39, 0.29) is 47.9 Å². The molecule has 0 saturated heterocycles. The maximum atomic E-state index is 11.9.